The Labute approximate surface area is 282 Å². The van der Waals surface area contributed by atoms with Crippen LogP contribution in [0.15, 0.2) is 0 Å². The third-order valence-corrected chi connectivity index (χ3v) is 9.59. The number of hydrogen-bond acceptors (Lipinski definition) is 4. The second kappa shape index (κ2) is 30.3. The zero-order valence-corrected chi connectivity index (χ0v) is 31.8. The Balaban J connectivity index is 3.79. The first-order valence-electron chi connectivity index (χ1n) is 19.9. The highest BCUT2D eigenvalue weighted by molar-refractivity contribution is 5.73. The van der Waals surface area contributed by atoms with E-state index in [4.69, 9.17) is 9.47 Å². The van der Waals surface area contributed by atoms with E-state index < -0.39 is 0 Å². The van der Waals surface area contributed by atoms with Crippen LogP contribution in [0.3, 0.4) is 0 Å². The van der Waals surface area contributed by atoms with E-state index in [1.54, 1.807) is 0 Å². The van der Waals surface area contributed by atoms with Gasteiger partial charge in [0.25, 0.3) is 0 Å². The summed E-state index contributed by atoms with van der Waals surface area (Å²) in [4.78, 5) is 24.9. The lowest BCUT2D eigenvalue weighted by Gasteiger charge is -2.31. The molecule has 4 nitrogen and oxygen atoms in total. The Hall–Kier alpha value is -1.06. The predicted octanol–water partition coefficient (Wildman–Crippen LogP) is 12.9. The summed E-state index contributed by atoms with van der Waals surface area (Å²) in [6.07, 6.45) is 27.7. The van der Waals surface area contributed by atoms with Gasteiger partial charge in [0, 0.05) is 6.42 Å². The molecule has 0 spiro atoms. The zero-order valence-electron chi connectivity index (χ0n) is 31.8. The SMILES string of the molecule is CC(C)CCCCCOC(=O)CCCCCCCCCCCCCCCC(C(C)C)C(C(=O)OCCCCCC(C)C)C(C)C. The summed E-state index contributed by atoms with van der Waals surface area (Å²) in [6.45, 7) is 19.2. The minimum Gasteiger partial charge on any atom is -0.466 e. The minimum atomic E-state index is -0.00312. The third kappa shape index (κ3) is 27.7. The molecule has 0 fully saturated rings. The molecule has 268 valence electrons. The van der Waals surface area contributed by atoms with Crippen molar-refractivity contribution in [1.82, 2.24) is 0 Å². The van der Waals surface area contributed by atoms with Crippen LogP contribution in [0.2, 0.25) is 0 Å². The lowest BCUT2D eigenvalue weighted by molar-refractivity contribution is -0.153. The molecule has 0 bridgehead atoms. The summed E-state index contributed by atoms with van der Waals surface area (Å²) in [5.74, 6) is 2.84. The van der Waals surface area contributed by atoms with Crippen LogP contribution in [-0.2, 0) is 19.1 Å². The van der Waals surface area contributed by atoms with E-state index in [0.29, 0.717) is 37.4 Å². The van der Waals surface area contributed by atoms with Gasteiger partial charge < -0.3 is 9.47 Å². The lowest BCUT2D eigenvalue weighted by atomic mass is 9.74. The fourth-order valence-corrected chi connectivity index (χ4v) is 6.65. The molecular weight excluding hydrogens is 556 g/mol. The van der Waals surface area contributed by atoms with Crippen LogP contribution in [0.25, 0.3) is 0 Å². The molecule has 45 heavy (non-hydrogen) atoms. The second-order valence-corrected chi connectivity index (χ2v) is 15.7. The van der Waals surface area contributed by atoms with Crippen LogP contribution < -0.4 is 0 Å². The van der Waals surface area contributed by atoms with Crippen molar-refractivity contribution in [3.8, 4) is 0 Å². The van der Waals surface area contributed by atoms with Crippen molar-refractivity contribution in [2.75, 3.05) is 13.2 Å². The van der Waals surface area contributed by atoms with Gasteiger partial charge in [0.05, 0.1) is 19.1 Å². The molecule has 0 aliphatic rings. The predicted molar refractivity (Wildman–Crippen MR) is 194 cm³/mol. The fourth-order valence-electron chi connectivity index (χ4n) is 6.65. The standard InChI is InChI=1S/C41H80O4/c1-34(2)28-22-20-26-32-44-39(42)31-25-19-17-15-13-11-9-10-12-14-16-18-24-30-38(36(5)6)40(37(7)8)41(43)45-33-27-21-23-29-35(3)4/h34-38,40H,9-33H2,1-8H3. The first-order chi connectivity index (χ1) is 21.6. The number of unbranched alkanes of at least 4 members (excludes halogenated alkanes) is 16. The van der Waals surface area contributed by atoms with Crippen LogP contribution in [0.4, 0.5) is 0 Å². The van der Waals surface area contributed by atoms with E-state index >= 15 is 0 Å². The molecule has 0 aliphatic heterocycles. The van der Waals surface area contributed by atoms with Crippen LogP contribution in [-0.4, -0.2) is 25.2 Å². The maximum absolute atomic E-state index is 13.1. The van der Waals surface area contributed by atoms with E-state index in [2.05, 4.69) is 55.4 Å². The Kier molecular flexibility index (Phi) is 29.6. The molecule has 0 aliphatic carbocycles. The van der Waals surface area contributed by atoms with Crippen molar-refractivity contribution in [3.63, 3.8) is 0 Å². The van der Waals surface area contributed by atoms with E-state index in [1.165, 1.54) is 103 Å². The molecule has 0 saturated carbocycles. The van der Waals surface area contributed by atoms with Crippen molar-refractivity contribution >= 4 is 11.9 Å². The maximum atomic E-state index is 13.1. The lowest BCUT2D eigenvalue weighted by Crippen LogP contribution is -2.33. The Morgan fingerprint density at radius 1 is 0.422 bits per heavy atom. The Bertz CT molecular complexity index is 668. The fraction of sp³-hybridized carbons (Fsp3) is 0.951. The highest BCUT2D eigenvalue weighted by Gasteiger charge is 2.33. The Morgan fingerprint density at radius 3 is 1.22 bits per heavy atom. The number of hydrogen-bond donors (Lipinski definition) is 0. The van der Waals surface area contributed by atoms with E-state index in [0.717, 1.165) is 50.4 Å². The molecule has 0 radical (unpaired) electrons. The van der Waals surface area contributed by atoms with Crippen LogP contribution >= 0.6 is 0 Å². The summed E-state index contributed by atoms with van der Waals surface area (Å²) in [5, 5.41) is 0. The number of carbonyl (C=O) groups is 2. The molecule has 0 aromatic rings. The highest BCUT2D eigenvalue weighted by Crippen LogP contribution is 2.33. The summed E-state index contributed by atoms with van der Waals surface area (Å²) in [6, 6.07) is 0. The second-order valence-electron chi connectivity index (χ2n) is 15.7. The van der Waals surface area contributed by atoms with Gasteiger partial charge in [-0.15, -0.1) is 0 Å². The summed E-state index contributed by atoms with van der Waals surface area (Å²) >= 11 is 0. The van der Waals surface area contributed by atoms with Gasteiger partial charge in [-0.2, -0.15) is 0 Å². The van der Waals surface area contributed by atoms with Crippen molar-refractivity contribution in [2.45, 2.75) is 203 Å². The largest absolute Gasteiger partial charge is 0.466 e. The smallest absolute Gasteiger partial charge is 0.309 e. The highest BCUT2D eigenvalue weighted by atomic mass is 16.5. The molecule has 0 rings (SSSR count). The average molecular weight is 637 g/mol. The van der Waals surface area contributed by atoms with Crippen molar-refractivity contribution in [1.29, 1.82) is 0 Å². The molecule has 0 N–H and O–H groups in total. The van der Waals surface area contributed by atoms with Crippen LogP contribution in [0, 0.1) is 35.5 Å². The van der Waals surface area contributed by atoms with Gasteiger partial charge in [-0.1, -0.05) is 171 Å². The van der Waals surface area contributed by atoms with Gasteiger partial charge >= 0.3 is 11.9 Å². The van der Waals surface area contributed by atoms with Gasteiger partial charge in [0.2, 0.25) is 0 Å². The molecule has 0 saturated heterocycles. The van der Waals surface area contributed by atoms with Gasteiger partial charge in [-0.05, 0) is 55.3 Å². The van der Waals surface area contributed by atoms with E-state index in [9.17, 15) is 9.59 Å². The average Bonchev–Trinajstić information content (AvgIpc) is 2.97. The summed E-state index contributed by atoms with van der Waals surface area (Å²) in [7, 11) is 0. The van der Waals surface area contributed by atoms with Crippen LogP contribution in [0.1, 0.15) is 203 Å². The van der Waals surface area contributed by atoms with Gasteiger partial charge in [-0.25, -0.2) is 0 Å². The van der Waals surface area contributed by atoms with Gasteiger partial charge in [0.1, 0.15) is 0 Å². The van der Waals surface area contributed by atoms with Crippen LogP contribution in [0.5, 0.6) is 0 Å². The molecule has 2 unspecified atom stereocenters. The molecule has 0 heterocycles. The molecular formula is C41H80O4. The van der Waals surface area contributed by atoms with Crippen molar-refractivity contribution in [3.05, 3.63) is 0 Å². The molecule has 0 aromatic carbocycles. The molecule has 4 heteroatoms. The first kappa shape index (κ1) is 43.9. The van der Waals surface area contributed by atoms with E-state index in [1.807, 2.05) is 0 Å². The first-order valence-corrected chi connectivity index (χ1v) is 19.9. The quantitative estimate of drug-likeness (QED) is 0.0544. The maximum Gasteiger partial charge on any atom is 0.309 e. The summed E-state index contributed by atoms with van der Waals surface area (Å²) < 4.78 is 11.2. The number of rotatable bonds is 32. The molecule has 2 atom stereocenters. The third-order valence-electron chi connectivity index (χ3n) is 9.59. The molecule has 0 aromatic heterocycles. The Morgan fingerprint density at radius 2 is 0.800 bits per heavy atom. The normalized spacial score (nSPS) is 13.2. The molecule has 0 amide bonds. The number of carbonyl (C=O) groups excluding carboxylic acids is 2. The number of esters is 2. The summed E-state index contributed by atoms with van der Waals surface area (Å²) in [5.41, 5.74) is 0. The monoisotopic (exact) mass is 637 g/mol. The van der Waals surface area contributed by atoms with Gasteiger partial charge in [0.15, 0.2) is 0 Å². The van der Waals surface area contributed by atoms with Crippen molar-refractivity contribution in [2.24, 2.45) is 35.5 Å². The number of ether oxygens (including phenoxy) is 2. The van der Waals surface area contributed by atoms with Crippen molar-refractivity contribution < 1.29 is 19.1 Å². The van der Waals surface area contributed by atoms with Gasteiger partial charge in [-0.3, -0.25) is 9.59 Å². The zero-order chi connectivity index (χ0) is 33.7. The topological polar surface area (TPSA) is 52.6 Å². The van der Waals surface area contributed by atoms with E-state index in [-0.39, 0.29) is 17.9 Å². The minimum absolute atomic E-state index is 0.00312.